The largest absolute Gasteiger partial charge is 0.399 e. The highest BCUT2D eigenvalue weighted by Gasteiger charge is 2.51. The van der Waals surface area contributed by atoms with Crippen LogP contribution in [0, 0.1) is 17.3 Å². The third-order valence-corrected chi connectivity index (χ3v) is 15.5. The molecule has 0 aliphatic carbocycles. The van der Waals surface area contributed by atoms with E-state index in [2.05, 4.69) is 27.8 Å². The van der Waals surface area contributed by atoms with Gasteiger partial charge in [-0.15, -0.1) is 11.3 Å². The van der Waals surface area contributed by atoms with Gasteiger partial charge in [0.25, 0.3) is 17.7 Å². The maximum Gasteiger partial charge on any atom is 0.399 e. The Balaban J connectivity index is 0.934. The molecule has 1 aromatic heterocycles. The summed E-state index contributed by atoms with van der Waals surface area (Å²) in [6, 6.07) is 15.3. The van der Waals surface area contributed by atoms with Gasteiger partial charge in [0.2, 0.25) is 29.5 Å². The summed E-state index contributed by atoms with van der Waals surface area (Å²) in [5.41, 5.74) is -4.88. The molecule has 18 nitrogen and oxygen atoms in total. The summed E-state index contributed by atoms with van der Waals surface area (Å²) in [6.07, 6.45) is 0.958. The molecule has 3 fully saturated rings. The Hall–Kier alpha value is -6.69. The molecule has 384 valence electrons. The fraction of sp³-hybridized carbons (Fsp3) is 0.412. The van der Waals surface area contributed by atoms with Gasteiger partial charge in [0.1, 0.15) is 24.7 Å². The van der Waals surface area contributed by atoms with Gasteiger partial charge in [-0.3, -0.25) is 53.1 Å². The number of thiophene rings is 1. The lowest BCUT2D eigenvalue weighted by molar-refractivity contribution is -0.147. The predicted octanol–water partition coefficient (Wildman–Crippen LogP) is 4.62. The van der Waals surface area contributed by atoms with E-state index in [1.807, 2.05) is 30.3 Å². The molecule has 8 amide bonds. The third-order valence-electron chi connectivity index (χ3n) is 13.4. The van der Waals surface area contributed by atoms with Crippen LogP contribution in [0.4, 0.5) is 8.78 Å². The maximum atomic E-state index is 14.8. The van der Waals surface area contributed by atoms with Crippen molar-refractivity contribution in [1.82, 2.24) is 30.7 Å². The van der Waals surface area contributed by atoms with E-state index < -0.39 is 96.4 Å². The van der Waals surface area contributed by atoms with E-state index >= 15 is 0 Å². The summed E-state index contributed by atoms with van der Waals surface area (Å²) >= 11 is 0.931. The second kappa shape index (κ2) is 21.0. The number of hydrogen-bond acceptors (Lipinski definition) is 11. The Morgan fingerprint density at radius 2 is 1.71 bits per heavy atom. The minimum absolute atomic E-state index is 0.00585. The SMILES string of the molecule is CC(C)(C)[C@H](NC(=O)c1cc2cc(C(F)(F)P(=O)(O)O)ccc2s1)C(=O)N1C[C@@H](OCC(=O)NCCC#Cc2cccc3c2C(=O)N(C2CCC(=O)NC2=O)C3=O)C[C@H]1C(=O)N1CCC[C@H](c2ccccc2)C1. The molecule has 4 aliphatic heterocycles. The minimum atomic E-state index is -5.86. The number of alkyl halides is 2. The van der Waals surface area contributed by atoms with Gasteiger partial charge in [-0.25, -0.2) is 0 Å². The standard InChI is InChI=1S/C51H53F2N6O12PS/c1-50(2,3)43(56-45(63)39-24-32-23-33(17-19-38(32)73-39)51(52,53)72(68,69)70)49(67)58-27-34(25-37(58)47(65)57-22-10-15-31(26-57)29-11-5-4-6-12-29)71-28-41(61)54-21-8-7-13-30-14-9-16-35-42(30)48(66)59(46(35)64)36-18-20-40(60)55-44(36)62/h4-6,9,11-12,14,16-17,19,23-24,31,34,36-37,43H,8,10,15,18,20-22,25-28H2,1-3H3,(H,54,61)(H,56,63)(H,55,60,62)(H2,68,69,70)/t31-,34-,36?,37-,43+/m0/s1. The molecular formula is C51H53F2N6O12PS. The molecule has 0 radical (unpaired) electrons. The number of carbonyl (C=O) groups excluding carboxylic acids is 8. The van der Waals surface area contributed by atoms with Crippen LogP contribution in [0.25, 0.3) is 10.1 Å². The number of rotatable bonds is 13. The highest BCUT2D eigenvalue weighted by molar-refractivity contribution is 7.52. The van der Waals surface area contributed by atoms with Crippen LogP contribution in [-0.4, -0.2) is 129 Å². The van der Waals surface area contributed by atoms with Crippen LogP contribution in [0.1, 0.15) is 112 Å². The van der Waals surface area contributed by atoms with Gasteiger partial charge in [-0.1, -0.05) is 75.1 Å². The lowest BCUT2D eigenvalue weighted by Crippen LogP contribution is -2.58. The first-order valence-corrected chi connectivity index (χ1v) is 26.1. The minimum Gasteiger partial charge on any atom is -0.366 e. The third kappa shape index (κ3) is 11.1. The van der Waals surface area contributed by atoms with E-state index in [1.165, 1.54) is 23.1 Å². The van der Waals surface area contributed by atoms with Gasteiger partial charge >= 0.3 is 13.3 Å². The summed E-state index contributed by atoms with van der Waals surface area (Å²) < 4.78 is 47.1. The van der Waals surface area contributed by atoms with Crippen molar-refractivity contribution < 1.29 is 66.2 Å². The van der Waals surface area contributed by atoms with Crippen molar-refractivity contribution in [3.05, 3.63) is 105 Å². The first kappa shape index (κ1) is 52.6. The molecule has 1 unspecified atom stereocenters. The van der Waals surface area contributed by atoms with Crippen molar-refractivity contribution >= 4 is 76.3 Å². The smallest absolute Gasteiger partial charge is 0.366 e. The van der Waals surface area contributed by atoms with Crippen molar-refractivity contribution in [2.24, 2.45) is 5.41 Å². The van der Waals surface area contributed by atoms with Crippen LogP contribution < -0.4 is 16.0 Å². The van der Waals surface area contributed by atoms with E-state index in [0.29, 0.717) is 17.8 Å². The zero-order valence-electron chi connectivity index (χ0n) is 40.0. The topological polar surface area (TPSA) is 249 Å². The Morgan fingerprint density at radius 1 is 0.959 bits per heavy atom. The Morgan fingerprint density at radius 3 is 2.42 bits per heavy atom. The zero-order valence-corrected chi connectivity index (χ0v) is 41.7. The fourth-order valence-corrected chi connectivity index (χ4v) is 11.0. The van der Waals surface area contributed by atoms with E-state index in [1.54, 1.807) is 37.8 Å². The van der Waals surface area contributed by atoms with Crippen LogP contribution in [0.5, 0.6) is 0 Å². The number of piperidine rings is 2. The number of halogens is 2. The molecule has 4 aromatic rings. The van der Waals surface area contributed by atoms with Crippen LogP contribution in [0.15, 0.2) is 72.8 Å². The number of carbonyl (C=O) groups is 8. The van der Waals surface area contributed by atoms with Crippen molar-refractivity contribution in [1.29, 1.82) is 0 Å². The number of nitrogens with zero attached hydrogens (tertiary/aromatic N) is 3. The summed E-state index contributed by atoms with van der Waals surface area (Å²) in [5.74, 6) is 1.12. The Labute approximate surface area is 422 Å². The number of likely N-dealkylation sites (tertiary alicyclic amines) is 2. The van der Waals surface area contributed by atoms with E-state index in [0.717, 1.165) is 46.8 Å². The molecular weight excluding hydrogens is 990 g/mol. The van der Waals surface area contributed by atoms with Gasteiger partial charge in [-0.2, -0.15) is 8.78 Å². The highest BCUT2D eigenvalue weighted by atomic mass is 32.1. The lowest BCUT2D eigenvalue weighted by Gasteiger charge is -2.38. The maximum absolute atomic E-state index is 14.8. The van der Waals surface area contributed by atoms with E-state index in [4.69, 9.17) is 4.74 Å². The van der Waals surface area contributed by atoms with Gasteiger partial charge < -0.3 is 35.0 Å². The number of benzene rings is 3. The van der Waals surface area contributed by atoms with Crippen LogP contribution >= 0.6 is 18.9 Å². The van der Waals surface area contributed by atoms with Crippen LogP contribution in [0.3, 0.4) is 0 Å². The fourth-order valence-electron chi connectivity index (χ4n) is 9.59. The average molecular weight is 1040 g/mol. The molecule has 5 atom stereocenters. The quantitative estimate of drug-likeness (QED) is 0.0533. The summed E-state index contributed by atoms with van der Waals surface area (Å²) in [6.45, 7) is 5.58. The molecule has 73 heavy (non-hydrogen) atoms. The van der Waals surface area contributed by atoms with Crippen molar-refractivity contribution in [2.75, 3.05) is 32.8 Å². The lowest BCUT2D eigenvalue weighted by atomic mass is 9.85. The second-order valence-electron chi connectivity index (χ2n) is 19.5. The molecule has 4 aliphatic rings. The molecule has 3 saturated heterocycles. The van der Waals surface area contributed by atoms with E-state index in [9.17, 15) is 61.5 Å². The first-order chi connectivity index (χ1) is 34.5. The van der Waals surface area contributed by atoms with Crippen LogP contribution in [0.2, 0.25) is 0 Å². The average Bonchev–Trinajstić information content (AvgIpc) is 4.06. The number of fused-ring (bicyclic) bond motifs is 2. The number of nitrogens with one attached hydrogen (secondary N) is 3. The molecule has 0 bridgehead atoms. The number of ether oxygens (including phenoxy) is 1. The molecule has 0 spiro atoms. The summed E-state index contributed by atoms with van der Waals surface area (Å²) in [4.78, 5) is 130. The molecule has 0 saturated carbocycles. The number of amides is 8. The molecule has 22 heteroatoms. The van der Waals surface area contributed by atoms with Crippen molar-refractivity contribution in [3.63, 3.8) is 0 Å². The normalized spacial score (nSPS) is 20.8. The van der Waals surface area contributed by atoms with Gasteiger partial charge in [0.05, 0.1) is 22.1 Å². The molecule has 5 N–H and O–H groups in total. The number of imide groups is 2. The van der Waals surface area contributed by atoms with Crippen molar-refractivity contribution in [3.8, 4) is 11.8 Å². The zero-order chi connectivity index (χ0) is 52.6. The number of hydrogen-bond donors (Lipinski definition) is 5. The monoisotopic (exact) mass is 1040 g/mol. The van der Waals surface area contributed by atoms with Gasteiger partial charge in [0.15, 0.2) is 0 Å². The second-order valence-corrected chi connectivity index (χ2v) is 22.2. The van der Waals surface area contributed by atoms with E-state index in [-0.39, 0.29) is 77.6 Å². The molecule has 3 aromatic carbocycles. The van der Waals surface area contributed by atoms with Gasteiger partial charge in [-0.05, 0) is 66.0 Å². The Kier molecular flexibility index (Phi) is 15.2. The molecule has 8 rings (SSSR count). The van der Waals surface area contributed by atoms with Crippen LogP contribution in [-0.2, 0) is 38.9 Å². The molecule has 5 heterocycles. The first-order valence-electron chi connectivity index (χ1n) is 23.7. The summed E-state index contributed by atoms with van der Waals surface area (Å²) in [5, 5.41) is 7.81. The summed E-state index contributed by atoms with van der Waals surface area (Å²) in [7, 11) is -5.86. The Bertz CT molecular complexity index is 3020. The van der Waals surface area contributed by atoms with Crippen molar-refractivity contribution in [2.45, 2.75) is 95.1 Å². The predicted molar refractivity (Wildman–Crippen MR) is 261 cm³/mol. The highest BCUT2D eigenvalue weighted by Crippen LogP contribution is 2.59. The van der Waals surface area contributed by atoms with Gasteiger partial charge in [0, 0.05) is 67.2 Å².